The molecule has 1 heterocycles. The van der Waals surface area contributed by atoms with Gasteiger partial charge in [-0.15, -0.1) is 0 Å². The van der Waals surface area contributed by atoms with Gasteiger partial charge in [-0.1, -0.05) is 20.3 Å². The van der Waals surface area contributed by atoms with Crippen molar-refractivity contribution in [2.75, 3.05) is 0 Å². The lowest BCUT2D eigenvalue weighted by Gasteiger charge is -2.26. The van der Waals surface area contributed by atoms with Crippen molar-refractivity contribution in [2.45, 2.75) is 51.2 Å². The van der Waals surface area contributed by atoms with Crippen LogP contribution >= 0.6 is 0 Å². The number of imidazole rings is 1. The zero-order valence-electron chi connectivity index (χ0n) is 15.3. The normalized spacial score (nSPS) is 15.2. The molecule has 0 aliphatic heterocycles. The number of carboxylic acids is 1. The molecule has 4 unspecified atom stereocenters. The number of hydrogen-bond donors (Lipinski definition) is 6. The molecule has 1 rings (SSSR count). The van der Waals surface area contributed by atoms with Gasteiger partial charge in [-0.05, 0) is 5.92 Å². The minimum atomic E-state index is -1.22. The Hall–Kier alpha value is -2.95. The van der Waals surface area contributed by atoms with Crippen LogP contribution in [0.4, 0.5) is 0 Å². The van der Waals surface area contributed by atoms with Crippen molar-refractivity contribution >= 4 is 23.7 Å². The highest BCUT2D eigenvalue weighted by Crippen LogP contribution is 2.10. The molecule has 0 fully saturated rings. The number of amides is 3. The van der Waals surface area contributed by atoms with Gasteiger partial charge < -0.3 is 32.2 Å². The summed E-state index contributed by atoms with van der Waals surface area (Å²) >= 11 is 0. The summed E-state index contributed by atoms with van der Waals surface area (Å²) in [6.45, 7) is 3.55. The van der Waals surface area contributed by atoms with Gasteiger partial charge in [0.15, 0.2) is 0 Å². The fourth-order valence-corrected chi connectivity index (χ4v) is 2.35. The molecule has 8 N–H and O–H groups in total. The summed E-state index contributed by atoms with van der Waals surface area (Å²) < 4.78 is 0. The predicted octanol–water partition coefficient (Wildman–Crippen LogP) is -1.74. The lowest BCUT2D eigenvalue weighted by Crippen LogP contribution is -2.57. The van der Waals surface area contributed by atoms with Crippen LogP contribution in [0.2, 0.25) is 0 Å². The van der Waals surface area contributed by atoms with Gasteiger partial charge in [0, 0.05) is 18.3 Å². The monoisotopic (exact) mass is 382 g/mol. The van der Waals surface area contributed by atoms with Gasteiger partial charge in [-0.2, -0.15) is 0 Å². The summed E-state index contributed by atoms with van der Waals surface area (Å²) in [7, 11) is 0. The number of carbonyl (C=O) groups is 4. The van der Waals surface area contributed by atoms with Crippen LogP contribution in [0.25, 0.3) is 0 Å². The second kappa shape index (κ2) is 10.3. The van der Waals surface area contributed by atoms with E-state index in [1.807, 2.05) is 6.92 Å². The number of carboxylic acid groups (broad SMARTS) is 1. The highest BCUT2D eigenvalue weighted by molar-refractivity contribution is 5.93. The number of aromatic amines is 1. The number of nitrogens with one attached hydrogen (secondary N) is 3. The zero-order valence-corrected chi connectivity index (χ0v) is 15.3. The molecule has 150 valence electrons. The van der Waals surface area contributed by atoms with Gasteiger partial charge >= 0.3 is 5.97 Å². The SMILES string of the molecule is CCC(C)C(NC(=O)C(N)CC(N)=O)C(=O)NC(Cc1cnc[nH]1)C(=O)O. The molecule has 27 heavy (non-hydrogen) atoms. The van der Waals surface area contributed by atoms with E-state index in [0.717, 1.165) is 0 Å². The highest BCUT2D eigenvalue weighted by atomic mass is 16.4. The van der Waals surface area contributed by atoms with E-state index in [1.54, 1.807) is 6.92 Å². The van der Waals surface area contributed by atoms with Crippen molar-refractivity contribution in [3.8, 4) is 0 Å². The molecule has 11 heteroatoms. The van der Waals surface area contributed by atoms with Crippen LogP contribution in [0, 0.1) is 5.92 Å². The lowest BCUT2D eigenvalue weighted by atomic mass is 9.97. The molecule has 0 spiro atoms. The fraction of sp³-hybridized carbons (Fsp3) is 0.562. The number of carbonyl (C=O) groups excluding carboxylic acids is 3. The lowest BCUT2D eigenvalue weighted by molar-refractivity contribution is -0.142. The maximum Gasteiger partial charge on any atom is 0.326 e. The Kier molecular flexibility index (Phi) is 8.39. The molecule has 3 amide bonds. The number of aromatic nitrogens is 2. The van der Waals surface area contributed by atoms with E-state index in [1.165, 1.54) is 12.5 Å². The second-order valence-electron chi connectivity index (χ2n) is 6.33. The van der Waals surface area contributed by atoms with Crippen molar-refractivity contribution in [3.05, 3.63) is 18.2 Å². The van der Waals surface area contributed by atoms with Crippen LogP contribution in [-0.4, -0.2) is 56.9 Å². The van der Waals surface area contributed by atoms with E-state index in [4.69, 9.17) is 11.5 Å². The first kappa shape index (κ1) is 22.1. The van der Waals surface area contributed by atoms with Gasteiger partial charge in [0.25, 0.3) is 0 Å². The first-order valence-corrected chi connectivity index (χ1v) is 8.50. The summed E-state index contributed by atoms with van der Waals surface area (Å²) in [5, 5.41) is 14.3. The second-order valence-corrected chi connectivity index (χ2v) is 6.33. The molecule has 4 atom stereocenters. The van der Waals surface area contributed by atoms with Gasteiger partial charge in [0.2, 0.25) is 17.7 Å². The summed E-state index contributed by atoms with van der Waals surface area (Å²) in [4.78, 5) is 53.7. The minimum absolute atomic E-state index is 0.00341. The Labute approximate surface area is 156 Å². The highest BCUT2D eigenvalue weighted by Gasteiger charge is 2.31. The predicted molar refractivity (Wildman–Crippen MR) is 95.0 cm³/mol. The maximum atomic E-state index is 12.6. The van der Waals surface area contributed by atoms with Crippen LogP contribution in [0.1, 0.15) is 32.4 Å². The molecule has 0 saturated carbocycles. The van der Waals surface area contributed by atoms with E-state index in [9.17, 15) is 24.3 Å². The van der Waals surface area contributed by atoms with Crippen molar-refractivity contribution in [3.63, 3.8) is 0 Å². The summed E-state index contributed by atoms with van der Waals surface area (Å²) in [6, 6.07) is -3.41. The number of rotatable bonds is 11. The van der Waals surface area contributed by atoms with Gasteiger partial charge in [0.05, 0.1) is 18.8 Å². The maximum absolute atomic E-state index is 12.6. The van der Waals surface area contributed by atoms with Crippen LogP contribution < -0.4 is 22.1 Å². The van der Waals surface area contributed by atoms with E-state index < -0.39 is 41.8 Å². The van der Waals surface area contributed by atoms with Gasteiger partial charge in [-0.25, -0.2) is 9.78 Å². The smallest absolute Gasteiger partial charge is 0.326 e. The molecular weight excluding hydrogens is 356 g/mol. The number of hydrogen-bond acceptors (Lipinski definition) is 6. The third kappa shape index (κ3) is 7.05. The molecule has 1 aromatic heterocycles. The third-order valence-corrected chi connectivity index (χ3v) is 4.14. The van der Waals surface area contributed by atoms with Crippen LogP contribution in [0.3, 0.4) is 0 Å². The van der Waals surface area contributed by atoms with E-state index >= 15 is 0 Å². The van der Waals surface area contributed by atoms with Crippen molar-refractivity contribution in [1.29, 1.82) is 0 Å². The number of nitrogens with zero attached hydrogens (tertiary/aromatic N) is 1. The summed E-state index contributed by atoms with van der Waals surface area (Å²) in [6.07, 6.45) is 3.04. The topological polar surface area (TPSA) is 193 Å². The molecule has 1 aromatic rings. The summed E-state index contributed by atoms with van der Waals surface area (Å²) in [5.41, 5.74) is 11.2. The van der Waals surface area contributed by atoms with Crippen LogP contribution in [0.5, 0.6) is 0 Å². The first-order valence-electron chi connectivity index (χ1n) is 8.50. The van der Waals surface area contributed by atoms with Crippen molar-refractivity contribution < 1.29 is 24.3 Å². The number of aliphatic carboxylic acids is 1. The van der Waals surface area contributed by atoms with Gasteiger partial charge in [0.1, 0.15) is 12.1 Å². The van der Waals surface area contributed by atoms with E-state index in [0.29, 0.717) is 12.1 Å². The van der Waals surface area contributed by atoms with Crippen molar-refractivity contribution in [2.24, 2.45) is 17.4 Å². The average molecular weight is 382 g/mol. The molecule has 11 nitrogen and oxygen atoms in total. The zero-order chi connectivity index (χ0) is 20.6. The Balaban J connectivity index is 2.84. The summed E-state index contributed by atoms with van der Waals surface area (Å²) in [5.74, 6) is -3.63. The molecule has 0 radical (unpaired) electrons. The standard InChI is InChI=1S/C16H26N6O5/c1-3-8(2)13(22-14(24)10(17)5-12(18)23)15(25)21-11(16(26)27)4-9-6-19-7-20-9/h6-8,10-11,13H,3-5,17H2,1-2H3,(H2,18,23)(H,19,20)(H,21,25)(H,22,24)(H,26,27). The Morgan fingerprint density at radius 3 is 2.41 bits per heavy atom. The Bertz CT molecular complexity index is 662. The number of nitrogens with two attached hydrogens (primary N) is 2. The Morgan fingerprint density at radius 2 is 1.93 bits per heavy atom. The molecule has 0 saturated heterocycles. The fourth-order valence-electron chi connectivity index (χ4n) is 2.35. The van der Waals surface area contributed by atoms with E-state index in [-0.39, 0.29) is 18.8 Å². The number of H-pyrrole nitrogens is 1. The molecular formula is C16H26N6O5. The third-order valence-electron chi connectivity index (χ3n) is 4.14. The quantitative estimate of drug-likeness (QED) is 0.261. The average Bonchev–Trinajstić information content (AvgIpc) is 3.10. The van der Waals surface area contributed by atoms with Crippen molar-refractivity contribution in [1.82, 2.24) is 20.6 Å². The molecule has 0 aromatic carbocycles. The Morgan fingerprint density at radius 1 is 1.26 bits per heavy atom. The van der Waals surface area contributed by atoms with Gasteiger partial charge in [-0.3, -0.25) is 14.4 Å². The number of primary amides is 1. The molecule has 0 bridgehead atoms. The first-order chi connectivity index (χ1) is 12.6. The minimum Gasteiger partial charge on any atom is -0.480 e. The van der Waals surface area contributed by atoms with E-state index in [2.05, 4.69) is 20.6 Å². The largest absolute Gasteiger partial charge is 0.480 e. The van der Waals surface area contributed by atoms with Crippen LogP contribution in [0.15, 0.2) is 12.5 Å². The molecule has 0 aliphatic rings. The van der Waals surface area contributed by atoms with Crippen LogP contribution in [-0.2, 0) is 25.6 Å². The molecule has 0 aliphatic carbocycles.